The number of guanidine groups is 1. The van der Waals surface area contributed by atoms with Gasteiger partial charge in [-0.25, -0.2) is 4.99 Å². The number of benzene rings is 1. The Balaban J connectivity index is 1.59. The monoisotopic (exact) mass is 342 g/mol. The molecule has 1 aromatic heterocycles. The molecule has 0 bridgehead atoms. The van der Waals surface area contributed by atoms with Gasteiger partial charge >= 0.3 is 0 Å². The van der Waals surface area contributed by atoms with Crippen LogP contribution in [0.15, 0.2) is 52.1 Å². The Kier molecular flexibility index (Phi) is 5.82. The Bertz CT molecular complexity index is 659. The SMILES string of the molecule is CCNC(=NCc1ccco1)N1CCN(c2ccc(OC)cc2)CC1. The van der Waals surface area contributed by atoms with Crippen LogP contribution in [0.5, 0.6) is 5.75 Å². The standard InChI is InChI=1S/C19H26N4O2/c1-3-20-19(21-15-18-5-4-14-25-18)23-12-10-22(11-13-23)16-6-8-17(24-2)9-7-16/h4-9,14H,3,10-13,15H2,1-2H3,(H,20,21). The van der Waals surface area contributed by atoms with Crippen LogP contribution >= 0.6 is 0 Å². The zero-order valence-corrected chi connectivity index (χ0v) is 14.9. The third-order valence-corrected chi connectivity index (χ3v) is 4.32. The van der Waals surface area contributed by atoms with Crippen LogP contribution in [0.2, 0.25) is 0 Å². The minimum atomic E-state index is 0.564. The van der Waals surface area contributed by atoms with E-state index in [2.05, 4.69) is 34.2 Å². The lowest BCUT2D eigenvalue weighted by atomic mass is 10.2. The average molecular weight is 342 g/mol. The van der Waals surface area contributed by atoms with E-state index in [0.717, 1.165) is 50.2 Å². The van der Waals surface area contributed by atoms with Gasteiger partial charge < -0.3 is 24.3 Å². The van der Waals surface area contributed by atoms with Crippen LogP contribution in [-0.4, -0.2) is 50.7 Å². The fourth-order valence-electron chi connectivity index (χ4n) is 2.95. The van der Waals surface area contributed by atoms with Crippen molar-refractivity contribution < 1.29 is 9.15 Å². The number of anilines is 1. The molecule has 1 aromatic carbocycles. The molecule has 2 heterocycles. The molecular formula is C19H26N4O2. The van der Waals surface area contributed by atoms with Crippen molar-refractivity contribution in [3.05, 3.63) is 48.4 Å². The van der Waals surface area contributed by atoms with E-state index in [1.807, 2.05) is 24.3 Å². The van der Waals surface area contributed by atoms with Crippen molar-refractivity contribution in [2.45, 2.75) is 13.5 Å². The first-order valence-electron chi connectivity index (χ1n) is 8.75. The van der Waals surface area contributed by atoms with Gasteiger partial charge in [-0.05, 0) is 43.3 Å². The van der Waals surface area contributed by atoms with Crippen molar-refractivity contribution >= 4 is 11.6 Å². The van der Waals surface area contributed by atoms with Gasteiger partial charge in [0.05, 0.1) is 13.4 Å². The van der Waals surface area contributed by atoms with Crippen molar-refractivity contribution in [2.75, 3.05) is 44.7 Å². The maximum absolute atomic E-state index is 5.37. The lowest BCUT2D eigenvalue weighted by molar-refractivity contribution is 0.371. The molecule has 25 heavy (non-hydrogen) atoms. The average Bonchev–Trinajstić information content (AvgIpc) is 3.19. The Morgan fingerprint density at radius 3 is 2.52 bits per heavy atom. The first kappa shape index (κ1) is 17.2. The van der Waals surface area contributed by atoms with Gasteiger partial charge in [-0.15, -0.1) is 0 Å². The van der Waals surface area contributed by atoms with Gasteiger partial charge in [-0.2, -0.15) is 0 Å². The predicted octanol–water partition coefficient (Wildman–Crippen LogP) is 2.58. The molecule has 0 radical (unpaired) electrons. The van der Waals surface area contributed by atoms with Crippen LogP contribution in [0.4, 0.5) is 5.69 Å². The van der Waals surface area contributed by atoms with E-state index < -0.39 is 0 Å². The highest BCUT2D eigenvalue weighted by Gasteiger charge is 2.19. The number of hydrogen-bond donors (Lipinski definition) is 1. The van der Waals surface area contributed by atoms with Gasteiger partial charge in [-0.3, -0.25) is 0 Å². The summed E-state index contributed by atoms with van der Waals surface area (Å²) in [5.74, 6) is 2.72. The summed E-state index contributed by atoms with van der Waals surface area (Å²) in [5, 5.41) is 3.38. The van der Waals surface area contributed by atoms with E-state index in [4.69, 9.17) is 14.1 Å². The number of rotatable bonds is 5. The summed E-state index contributed by atoms with van der Waals surface area (Å²) in [6, 6.07) is 12.1. The molecule has 1 N–H and O–H groups in total. The van der Waals surface area contributed by atoms with E-state index in [1.54, 1.807) is 13.4 Å². The molecule has 0 aliphatic carbocycles. The maximum Gasteiger partial charge on any atom is 0.194 e. The van der Waals surface area contributed by atoms with Gasteiger partial charge in [0.15, 0.2) is 5.96 Å². The number of hydrogen-bond acceptors (Lipinski definition) is 4. The van der Waals surface area contributed by atoms with Crippen LogP contribution in [0.25, 0.3) is 0 Å². The third kappa shape index (κ3) is 4.47. The summed E-state index contributed by atoms with van der Waals surface area (Å²) < 4.78 is 10.6. The van der Waals surface area contributed by atoms with Gasteiger partial charge in [0, 0.05) is 38.4 Å². The summed E-state index contributed by atoms with van der Waals surface area (Å²) in [6.45, 7) is 7.33. The highest BCUT2D eigenvalue weighted by Crippen LogP contribution is 2.20. The van der Waals surface area contributed by atoms with Crippen LogP contribution in [0.1, 0.15) is 12.7 Å². The Morgan fingerprint density at radius 2 is 1.92 bits per heavy atom. The highest BCUT2D eigenvalue weighted by atomic mass is 16.5. The number of nitrogens with one attached hydrogen (secondary N) is 1. The second kappa shape index (κ2) is 8.46. The number of furan rings is 1. The third-order valence-electron chi connectivity index (χ3n) is 4.32. The molecular weight excluding hydrogens is 316 g/mol. The van der Waals surface area contributed by atoms with Crippen molar-refractivity contribution in [2.24, 2.45) is 4.99 Å². The number of piperazine rings is 1. The highest BCUT2D eigenvalue weighted by molar-refractivity contribution is 5.80. The van der Waals surface area contributed by atoms with Crippen molar-refractivity contribution in [1.29, 1.82) is 0 Å². The molecule has 6 heteroatoms. The number of methoxy groups -OCH3 is 1. The zero-order chi connectivity index (χ0) is 17.5. The summed E-state index contributed by atoms with van der Waals surface area (Å²) in [6.07, 6.45) is 1.69. The Morgan fingerprint density at radius 1 is 1.16 bits per heavy atom. The van der Waals surface area contributed by atoms with E-state index in [1.165, 1.54) is 5.69 Å². The first-order valence-corrected chi connectivity index (χ1v) is 8.75. The van der Waals surface area contributed by atoms with Crippen LogP contribution in [0.3, 0.4) is 0 Å². The van der Waals surface area contributed by atoms with Crippen molar-refractivity contribution in [3.63, 3.8) is 0 Å². The molecule has 0 unspecified atom stereocenters. The maximum atomic E-state index is 5.37. The number of aliphatic imine (C=N–C) groups is 1. The van der Waals surface area contributed by atoms with Crippen molar-refractivity contribution in [3.8, 4) is 5.75 Å². The quantitative estimate of drug-likeness (QED) is 0.669. The van der Waals surface area contributed by atoms with Crippen LogP contribution in [-0.2, 0) is 6.54 Å². The van der Waals surface area contributed by atoms with E-state index in [9.17, 15) is 0 Å². The van der Waals surface area contributed by atoms with Gasteiger partial charge in [0.25, 0.3) is 0 Å². The van der Waals surface area contributed by atoms with E-state index in [0.29, 0.717) is 6.54 Å². The lowest BCUT2D eigenvalue weighted by Crippen LogP contribution is -2.52. The minimum Gasteiger partial charge on any atom is -0.497 e. The topological polar surface area (TPSA) is 53.2 Å². The molecule has 6 nitrogen and oxygen atoms in total. The predicted molar refractivity (Wildman–Crippen MR) is 100 cm³/mol. The molecule has 0 spiro atoms. The van der Waals surface area contributed by atoms with Gasteiger partial charge in [-0.1, -0.05) is 0 Å². The molecule has 134 valence electrons. The summed E-state index contributed by atoms with van der Waals surface area (Å²) in [4.78, 5) is 9.41. The van der Waals surface area contributed by atoms with E-state index in [-0.39, 0.29) is 0 Å². The second-order valence-corrected chi connectivity index (χ2v) is 5.92. The first-order chi connectivity index (χ1) is 12.3. The molecule has 1 fully saturated rings. The normalized spacial score (nSPS) is 15.4. The summed E-state index contributed by atoms with van der Waals surface area (Å²) in [5.41, 5.74) is 1.23. The summed E-state index contributed by atoms with van der Waals surface area (Å²) >= 11 is 0. The van der Waals surface area contributed by atoms with Gasteiger partial charge in [0.2, 0.25) is 0 Å². The fourth-order valence-corrected chi connectivity index (χ4v) is 2.95. The molecule has 0 amide bonds. The molecule has 0 atom stereocenters. The molecule has 1 aliphatic rings. The Labute approximate surface area is 149 Å². The largest absolute Gasteiger partial charge is 0.497 e. The summed E-state index contributed by atoms with van der Waals surface area (Å²) in [7, 11) is 1.69. The van der Waals surface area contributed by atoms with E-state index >= 15 is 0 Å². The number of nitrogens with zero attached hydrogens (tertiary/aromatic N) is 3. The van der Waals surface area contributed by atoms with Crippen LogP contribution < -0.4 is 15.0 Å². The molecule has 2 aromatic rings. The van der Waals surface area contributed by atoms with Crippen LogP contribution in [0, 0.1) is 0 Å². The number of ether oxygens (including phenoxy) is 1. The van der Waals surface area contributed by atoms with Gasteiger partial charge in [0.1, 0.15) is 18.1 Å². The second-order valence-electron chi connectivity index (χ2n) is 5.92. The fraction of sp³-hybridized carbons (Fsp3) is 0.421. The molecule has 3 rings (SSSR count). The smallest absolute Gasteiger partial charge is 0.194 e. The molecule has 0 saturated carbocycles. The van der Waals surface area contributed by atoms with Crippen molar-refractivity contribution in [1.82, 2.24) is 10.2 Å². The molecule has 1 aliphatic heterocycles. The lowest BCUT2D eigenvalue weighted by Gasteiger charge is -2.37. The Hall–Kier alpha value is -2.63. The zero-order valence-electron chi connectivity index (χ0n) is 14.9. The minimum absolute atomic E-state index is 0.564. The molecule has 1 saturated heterocycles.